The Labute approximate surface area is 128 Å². The zero-order valence-corrected chi connectivity index (χ0v) is 11.9. The third-order valence-electron chi connectivity index (χ3n) is 3.70. The summed E-state index contributed by atoms with van der Waals surface area (Å²) in [5, 5.41) is 20.5. The number of hydrogen-bond donors (Lipinski definition) is 3. The monoisotopic (exact) mass is 333 g/mol. The first-order valence-electron chi connectivity index (χ1n) is 6.74. The predicted molar refractivity (Wildman–Crippen MR) is 70.5 cm³/mol. The molecule has 0 atom stereocenters. The third-order valence-corrected chi connectivity index (χ3v) is 3.70. The number of carbonyl (C=O) groups is 2. The fourth-order valence-corrected chi connectivity index (χ4v) is 2.46. The largest absolute Gasteiger partial charge is 0.503 e. The number of hydrogen-bond acceptors (Lipinski definition) is 4. The van der Waals surface area contributed by atoms with Gasteiger partial charge in [0.1, 0.15) is 0 Å². The second kappa shape index (κ2) is 6.45. The van der Waals surface area contributed by atoms with E-state index in [9.17, 15) is 22.8 Å². The zero-order valence-electron chi connectivity index (χ0n) is 11.9. The summed E-state index contributed by atoms with van der Waals surface area (Å²) in [6.45, 7) is 0.387. The zero-order chi connectivity index (χ0) is 17.2. The number of halogens is 3. The molecule has 2 rings (SSSR count). The standard InChI is InChI=1S/C14H14F3NO5/c15-8-5-7(10(16)12(21)11(8)17)13(22)18-14(6-9(19)20)1-3-23-4-2-14/h5,21H,1-4,6H2,(H,18,22)(H,19,20). The van der Waals surface area contributed by atoms with Crippen molar-refractivity contribution >= 4 is 11.9 Å². The van der Waals surface area contributed by atoms with Crippen LogP contribution < -0.4 is 5.32 Å². The summed E-state index contributed by atoms with van der Waals surface area (Å²) in [4.78, 5) is 23.1. The van der Waals surface area contributed by atoms with Gasteiger partial charge in [-0.2, -0.15) is 4.39 Å². The van der Waals surface area contributed by atoms with E-state index in [-0.39, 0.29) is 26.1 Å². The maximum atomic E-state index is 13.8. The van der Waals surface area contributed by atoms with Crippen molar-refractivity contribution in [2.24, 2.45) is 0 Å². The smallest absolute Gasteiger partial charge is 0.305 e. The molecule has 0 saturated carbocycles. The van der Waals surface area contributed by atoms with Gasteiger partial charge >= 0.3 is 5.97 Å². The van der Waals surface area contributed by atoms with Crippen LogP contribution in [-0.2, 0) is 9.53 Å². The number of ether oxygens (including phenoxy) is 1. The first kappa shape index (κ1) is 17.1. The number of aromatic hydroxyl groups is 1. The van der Waals surface area contributed by atoms with Gasteiger partial charge < -0.3 is 20.3 Å². The Kier molecular flexibility index (Phi) is 4.79. The SMILES string of the molecule is O=C(O)CC1(NC(=O)c2cc(F)c(F)c(O)c2F)CCOCC1. The highest BCUT2D eigenvalue weighted by Crippen LogP contribution is 2.28. The average Bonchev–Trinajstić information content (AvgIpc) is 2.48. The summed E-state index contributed by atoms with van der Waals surface area (Å²) in [5.74, 6) is -8.92. The minimum Gasteiger partial charge on any atom is -0.503 e. The number of amides is 1. The molecule has 1 aromatic rings. The quantitative estimate of drug-likeness (QED) is 0.727. The number of aliphatic carboxylic acids is 1. The molecule has 0 radical (unpaired) electrons. The van der Waals surface area contributed by atoms with Crippen LogP contribution in [0.2, 0.25) is 0 Å². The Morgan fingerprint density at radius 1 is 1.22 bits per heavy atom. The highest BCUT2D eigenvalue weighted by Gasteiger charge is 2.37. The molecule has 9 heteroatoms. The van der Waals surface area contributed by atoms with E-state index in [1.54, 1.807) is 0 Å². The molecule has 0 aromatic heterocycles. The second-order valence-electron chi connectivity index (χ2n) is 5.30. The van der Waals surface area contributed by atoms with Crippen LogP contribution in [0.3, 0.4) is 0 Å². The molecule has 6 nitrogen and oxygen atoms in total. The minimum absolute atomic E-state index is 0.169. The maximum absolute atomic E-state index is 13.8. The molecule has 3 N–H and O–H groups in total. The van der Waals surface area contributed by atoms with Gasteiger partial charge in [0, 0.05) is 13.2 Å². The van der Waals surface area contributed by atoms with Gasteiger partial charge in [-0.1, -0.05) is 0 Å². The highest BCUT2D eigenvalue weighted by atomic mass is 19.2. The lowest BCUT2D eigenvalue weighted by molar-refractivity contribution is -0.139. The fraction of sp³-hybridized carbons (Fsp3) is 0.429. The van der Waals surface area contributed by atoms with E-state index >= 15 is 0 Å². The van der Waals surface area contributed by atoms with E-state index in [1.807, 2.05) is 0 Å². The van der Waals surface area contributed by atoms with Crippen molar-refractivity contribution in [1.82, 2.24) is 5.32 Å². The van der Waals surface area contributed by atoms with Crippen molar-refractivity contribution in [1.29, 1.82) is 0 Å². The van der Waals surface area contributed by atoms with E-state index in [4.69, 9.17) is 14.9 Å². The molecule has 1 heterocycles. The number of phenolic OH excluding ortho intramolecular Hbond substituents is 1. The Morgan fingerprint density at radius 3 is 2.39 bits per heavy atom. The maximum Gasteiger partial charge on any atom is 0.305 e. The molecule has 126 valence electrons. The van der Waals surface area contributed by atoms with Gasteiger partial charge in [0.2, 0.25) is 5.82 Å². The van der Waals surface area contributed by atoms with Crippen LogP contribution in [0.5, 0.6) is 5.75 Å². The number of carbonyl (C=O) groups excluding carboxylic acids is 1. The van der Waals surface area contributed by atoms with E-state index in [2.05, 4.69) is 5.32 Å². The van der Waals surface area contributed by atoms with Gasteiger partial charge in [0.15, 0.2) is 17.4 Å². The molecule has 23 heavy (non-hydrogen) atoms. The summed E-state index contributed by atoms with van der Waals surface area (Å²) in [7, 11) is 0. The third kappa shape index (κ3) is 3.55. The predicted octanol–water partition coefficient (Wildman–Crippen LogP) is 1.56. The van der Waals surface area contributed by atoms with Crippen LogP contribution in [0.4, 0.5) is 13.2 Å². The molecule has 1 saturated heterocycles. The van der Waals surface area contributed by atoms with E-state index in [1.165, 1.54) is 0 Å². The minimum atomic E-state index is -1.80. The normalized spacial score (nSPS) is 16.8. The van der Waals surface area contributed by atoms with E-state index in [0.29, 0.717) is 6.07 Å². The number of nitrogens with one attached hydrogen (secondary N) is 1. The summed E-state index contributed by atoms with van der Waals surface area (Å²) < 4.78 is 45.2. The lowest BCUT2D eigenvalue weighted by Crippen LogP contribution is -2.53. The molecular formula is C14H14F3NO5. The molecule has 0 spiro atoms. The number of phenols is 1. The van der Waals surface area contributed by atoms with Crippen LogP contribution in [-0.4, -0.2) is 40.8 Å². The average molecular weight is 333 g/mol. The second-order valence-corrected chi connectivity index (χ2v) is 5.30. The van der Waals surface area contributed by atoms with Crippen molar-refractivity contribution in [3.8, 4) is 5.75 Å². The van der Waals surface area contributed by atoms with Crippen LogP contribution in [0, 0.1) is 17.5 Å². The van der Waals surface area contributed by atoms with Crippen molar-refractivity contribution in [3.05, 3.63) is 29.1 Å². The molecule has 1 fully saturated rings. The Balaban J connectivity index is 2.31. The van der Waals surface area contributed by atoms with Gasteiger partial charge in [-0.15, -0.1) is 0 Å². The Morgan fingerprint density at radius 2 is 1.83 bits per heavy atom. The number of carboxylic acids is 1. The first-order valence-corrected chi connectivity index (χ1v) is 6.74. The molecule has 0 aliphatic carbocycles. The molecule has 0 unspecified atom stereocenters. The number of rotatable bonds is 4. The van der Waals surface area contributed by atoms with Crippen LogP contribution in [0.25, 0.3) is 0 Å². The van der Waals surface area contributed by atoms with Crippen LogP contribution in [0.15, 0.2) is 6.07 Å². The van der Waals surface area contributed by atoms with Gasteiger partial charge in [-0.25, -0.2) is 8.78 Å². The van der Waals surface area contributed by atoms with Gasteiger partial charge in [-0.3, -0.25) is 9.59 Å². The van der Waals surface area contributed by atoms with E-state index in [0.717, 1.165) is 0 Å². The Bertz CT molecular complexity index is 644. The molecule has 1 aliphatic heterocycles. The van der Waals surface area contributed by atoms with Gasteiger partial charge in [0.25, 0.3) is 5.91 Å². The molecular weight excluding hydrogens is 319 g/mol. The summed E-state index contributed by atoms with van der Waals surface area (Å²) >= 11 is 0. The van der Waals surface area contributed by atoms with Crippen molar-refractivity contribution in [2.75, 3.05) is 13.2 Å². The Hall–Kier alpha value is -2.29. The van der Waals surface area contributed by atoms with Crippen molar-refractivity contribution in [3.63, 3.8) is 0 Å². The summed E-state index contributed by atoms with van der Waals surface area (Å²) in [5.41, 5.74) is -2.09. The summed E-state index contributed by atoms with van der Waals surface area (Å²) in [6, 6.07) is 0.313. The number of carboxylic acid groups (broad SMARTS) is 1. The first-order chi connectivity index (χ1) is 10.8. The van der Waals surface area contributed by atoms with Gasteiger partial charge in [0.05, 0.1) is 17.5 Å². The fourth-order valence-electron chi connectivity index (χ4n) is 2.46. The van der Waals surface area contributed by atoms with Crippen LogP contribution >= 0.6 is 0 Å². The van der Waals surface area contributed by atoms with E-state index < -0.39 is 52.6 Å². The molecule has 0 bridgehead atoms. The summed E-state index contributed by atoms with van der Waals surface area (Å²) in [6.07, 6.45) is -0.0932. The van der Waals surface area contributed by atoms with Crippen molar-refractivity contribution in [2.45, 2.75) is 24.8 Å². The molecule has 1 aliphatic rings. The molecule has 1 aromatic carbocycles. The van der Waals surface area contributed by atoms with Crippen molar-refractivity contribution < 1.29 is 37.7 Å². The van der Waals surface area contributed by atoms with Gasteiger partial charge in [-0.05, 0) is 18.9 Å². The topological polar surface area (TPSA) is 95.9 Å². The van der Waals surface area contributed by atoms with Crippen LogP contribution in [0.1, 0.15) is 29.6 Å². The lowest BCUT2D eigenvalue weighted by Gasteiger charge is -2.36. The lowest BCUT2D eigenvalue weighted by atomic mass is 9.86. The number of benzene rings is 1. The molecule has 1 amide bonds. The highest BCUT2D eigenvalue weighted by molar-refractivity contribution is 5.95.